The van der Waals surface area contributed by atoms with Crippen molar-refractivity contribution in [2.45, 2.75) is 38.6 Å². The summed E-state index contributed by atoms with van der Waals surface area (Å²) in [6.07, 6.45) is 2.49. The Bertz CT molecular complexity index is 375. The minimum atomic E-state index is -0.121. The summed E-state index contributed by atoms with van der Waals surface area (Å²) in [5.41, 5.74) is 1.18. The molecule has 0 radical (unpaired) electrons. The lowest BCUT2D eigenvalue weighted by Crippen LogP contribution is -2.46. The fraction of sp³-hybridized carbons (Fsp3) is 0.533. The smallest absolute Gasteiger partial charge is 0.222 e. The fourth-order valence-corrected chi connectivity index (χ4v) is 2.06. The molecule has 0 aliphatic heterocycles. The summed E-state index contributed by atoms with van der Waals surface area (Å²) in [4.78, 5) is 13.9. The second kappa shape index (κ2) is 6.93. The standard InChI is InChI=1S/C15H22BrNO/c1-15(2,12-16)17(3)14(18)11-7-10-13-8-5-4-6-9-13/h4-6,8-9H,7,10-12H2,1-3H3. The monoisotopic (exact) mass is 311 g/mol. The van der Waals surface area contributed by atoms with Crippen LogP contribution in [0.25, 0.3) is 0 Å². The molecule has 0 N–H and O–H groups in total. The minimum Gasteiger partial charge on any atom is -0.340 e. The van der Waals surface area contributed by atoms with Crippen LogP contribution in [-0.4, -0.2) is 28.7 Å². The molecule has 18 heavy (non-hydrogen) atoms. The number of hydrogen-bond donors (Lipinski definition) is 0. The van der Waals surface area contributed by atoms with Gasteiger partial charge in [-0.05, 0) is 32.3 Å². The van der Waals surface area contributed by atoms with Crippen molar-refractivity contribution < 1.29 is 4.79 Å². The highest BCUT2D eigenvalue weighted by Gasteiger charge is 2.25. The summed E-state index contributed by atoms with van der Waals surface area (Å²) in [6, 6.07) is 10.3. The van der Waals surface area contributed by atoms with E-state index in [9.17, 15) is 4.79 Å². The average Bonchev–Trinajstić information content (AvgIpc) is 2.39. The first-order chi connectivity index (χ1) is 8.47. The maximum Gasteiger partial charge on any atom is 0.222 e. The lowest BCUT2D eigenvalue weighted by Gasteiger charge is -2.34. The van der Waals surface area contributed by atoms with Gasteiger partial charge in [-0.2, -0.15) is 0 Å². The summed E-state index contributed by atoms with van der Waals surface area (Å²) in [6.45, 7) is 4.13. The Hall–Kier alpha value is -0.830. The van der Waals surface area contributed by atoms with Crippen molar-refractivity contribution in [2.75, 3.05) is 12.4 Å². The van der Waals surface area contributed by atoms with Gasteiger partial charge >= 0.3 is 0 Å². The van der Waals surface area contributed by atoms with Crippen molar-refractivity contribution in [3.8, 4) is 0 Å². The second-order valence-electron chi connectivity index (χ2n) is 5.24. The van der Waals surface area contributed by atoms with Gasteiger partial charge < -0.3 is 4.90 Å². The number of alkyl halides is 1. The van der Waals surface area contributed by atoms with Gasteiger partial charge in [-0.15, -0.1) is 0 Å². The zero-order valence-electron chi connectivity index (χ0n) is 11.4. The molecule has 1 aromatic carbocycles. The second-order valence-corrected chi connectivity index (χ2v) is 5.80. The van der Waals surface area contributed by atoms with Crippen molar-refractivity contribution in [3.05, 3.63) is 35.9 Å². The molecule has 1 rings (SSSR count). The molecule has 100 valence electrons. The number of rotatable bonds is 6. The van der Waals surface area contributed by atoms with Gasteiger partial charge in [0, 0.05) is 24.3 Å². The molecule has 0 saturated carbocycles. The van der Waals surface area contributed by atoms with Crippen LogP contribution < -0.4 is 0 Å². The van der Waals surface area contributed by atoms with Gasteiger partial charge in [-0.25, -0.2) is 0 Å². The number of nitrogens with zero attached hydrogens (tertiary/aromatic N) is 1. The van der Waals surface area contributed by atoms with Gasteiger partial charge in [0.25, 0.3) is 0 Å². The van der Waals surface area contributed by atoms with Crippen LogP contribution in [0.15, 0.2) is 30.3 Å². The fourth-order valence-electron chi connectivity index (χ4n) is 1.68. The Morgan fingerprint density at radius 1 is 1.28 bits per heavy atom. The first kappa shape index (κ1) is 15.2. The number of amides is 1. The van der Waals surface area contributed by atoms with E-state index < -0.39 is 0 Å². The summed E-state index contributed by atoms with van der Waals surface area (Å²) >= 11 is 3.45. The molecule has 0 fully saturated rings. The van der Waals surface area contributed by atoms with Crippen molar-refractivity contribution in [1.29, 1.82) is 0 Å². The van der Waals surface area contributed by atoms with Crippen LogP contribution >= 0.6 is 15.9 Å². The molecule has 0 heterocycles. The third-order valence-corrected chi connectivity index (χ3v) is 4.68. The first-order valence-corrected chi connectivity index (χ1v) is 7.46. The maximum absolute atomic E-state index is 12.0. The predicted molar refractivity (Wildman–Crippen MR) is 80.0 cm³/mol. The summed E-state index contributed by atoms with van der Waals surface area (Å²) in [5.74, 6) is 0.218. The van der Waals surface area contributed by atoms with E-state index in [0.717, 1.165) is 18.2 Å². The largest absolute Gasteiger partial charge is 0.340 e. The van der Waals surface area contributed by atoms with Crippen molar-refractivity contribution in [2.24, 2.45) is 0 Å². The molecular formula is C15H22BrNO. The molecule has 0 bridgehead atoms. The molecule has 0 aliphatic rings. The zero-order valence-corrected chi connectivity index (χ0v) is 13.0. The highest BCUT2D eigenvalue weighted by molar-refractivity contribution is 9.09. The molecule has 0 atom stereocenters. The van der Waals surface area contributed by atoms with Gasteiger partial charge in [-0.3, -0.25) is 4.79 Å². The molecular weight excluding hydrogens is 290 g/mol. The summed E-state index contributed by atoms with van der Waals surface area (Å²) < 4.78 is 0. The van der Waals surface area contributed by atoms with Crippen molar-refractivity contribution in [1.82, 2.24) is 4.90 Å². The van der Waals surface area contributed by atoms with Crippen LogP contribution in [0.3, 0.4) is 0 Å². The number of hydrogen-bond acceptors (Lipinski definition) is 1. The molecule has 0 aliphatic carbocycles. The average molecular weight is 312 g/mol. The number of carbonyl (C=O) groups excluding carboxylic acids is 1. The van der Waals surface area contributed by atoms with Crippen LogP contribution in [0.2, 0.25) is 0 Å². The molecule has 0 aromatic heterocycles. The van der Waals surface area contributed by atoms with Gasteiger partial charge in [-0.1, -0.05) is 46.3 Å². The van der Waals surface area contributed by atoms with E-state index in [1.165, 1.54) is 5.56 Å². The third-order valence-electron chi connectivity index (χ3n) is 3.31. The molecule has 0 spiro atoms. The molecule has 2 nitrogen and oxygen atoms in total. The van der Waals surface area contributed by atoms with E-state index >= 15 is 0 Å². The van der Waals surface area contributed by atoms with Crippen molar-refractivity contribution in [3.63, 3.8) is 0 Å². The van der Waals surface area contributed by atoms with Gasteiger partial charge in [0.05, 0.1) is 0 Å². The Morgan fingerprint density at radius 2 is 1.89 bits per heavy atom. The predicted octanol–water partition coefficient (Wildman–Crippen LogP) is 3.64. The van der Waals surface area contributed by atoms with Crippen molar-refractivity contribution >= 4 is 21.8 Å². The van der Waals surface area contributed by atoms with Crippen LogP contribution in [0, 0.1) is 0 Å². The normalized spacial score (nSPS) is 11.3. The van der Waals surface area contributed by atoms with Gasteiger partial charge in [0.15, 0.2) is 0 Å². The Balaban J connectivity index is 2.38. The van der Waals surface area contributed by atoms with Crippen LogP contribution in [0.5, 0.6) is 0 Å². The van der Waals surface area contributed by atoms with Crippen LogP contribution in [0.4, 0.5) is 0 Å². The molecule has 0 unspecified atom stereocenters. The number of benzene rings is 1. The van der Waals surface area contributed by atoms with E-state index in [2.05, 4.69) is 41.9 Å². The van der Waals surface area contributed by atoms with Gasteiger partial charge in [0.1, 0.15) is 0 Å². The van der Waals surface area contributed by atoms with E-state index in [-0.39, 0.29) is 11.4 Å². The number of carbonyl (C=O) groups is 1. The Kier molecular flexibility index (Phi) is 5.86. The van der Waals surface area contributed by atoms with E-state index in [1.54, 1.807) is 0 Å². The molecule has 0 saturated heterocycles. The third kappa shape index (κ3) is 4.45. The highest BCUT2D eigenvalue weighted by atomic mass is 79.9. The lowest BCUT2D eigenvalue weighted by molar-refractivity contribution is -0.133. The van der Waals surface area contributed by atoms with Gasteiger partial charge in [0.2, 0.25) is 5.91 Å². The first-order valence-electron chi connectivity index (χ1n) is 6.34. The lowest BCUT2D eigenvalue weighted by atomic mass is 10.0. The topological polar surface area (TPSA) is 20.3 Å². The SMILES string of the molecule is CN(C(=O)CCCc1ccccc1)C(C)(C)CBr. The number of aryl methyl sites for hydroxylation is 1. The van der Waals surface area contributed by atoms with E-state index in [4.69, 9.17) is 0 Å². The Labute approximate surface area is 119 Å². The summed E-state index contributed by atoms with van der Waals surface area (Å²) in [7, 11) is 1.88. The molecule has 3 heteroatoms. The van der Waals surface area contributed by atoms with Crippen LogP contribution in [-0.2, 0) is 11.2 Å². The minimum absolute atomic E-state index is 0.121. The number of halogens is 1. The van der Waals surface area contributed by atoms with E-state index in [1.807, 2.05) is 30.1 Å². The van der Waals surface area contributed by atoms with Crippen LogP contribution in [0.1, 0.15) is 32.3 Å². The van der Waals surface area contributed by atoms with E-state index in [0.29, 0.717) is 6.42 Å². The quantitative estimate of drug-likeness (QED) is 0.734. The highest BCUT2D eigenvalue weighted by Crippen LogP contribution is 2.17. The molecule has 1 amide bonds. The molecule has 1 aromatic rings. The Morgan fingerprint density at radius 3 is 2.44 bits per heavy atom. The zero-order chi connectivity index (χ0) is 13.6. The maximum atomic E-state index is 12.0. The summed E-state index contributed by atoms with van der Waals surface area (Å²) in [5, 5.41) is 0.793.